The number of amides is 1. The van der Waals surface area contributed by atoms with Crippen molar-refractivity contribution >= 4 is 11.9 Å². The van der Waals surface area contributed by atoms with Gasteiger partial charge in [-0.25, -0.2) is 4.79 Å². The van der Waals surface area contributed by atoms with Crippen LogP contribution in [0.3, 0.4) is 0 Å². The molecule has 1 aromatic rings. The number of nitrogens with zero attached hydrogens (tertiary/aromatic N) is 1. The Kier molecular flexibility index (Phi) is 6.41. The van der Waals surface area contributed by atoms with Crippen molar-refractivity contribution in [1.82, 2.24) is 0 Å². The van der Waals surface area contributed by atoms with Crippen LogP contribution in [-0.2, 0) is 24.8 Å². The Morgan fingerprint density at radius 2 is 1.89 bits per heavy atom. The van der Waals surface area contributed by atoms with Gasteiger partial charge in [0.25, 0.3) is 11.0 Å². The minimum absolute atomic E-state index is 0.0378. The van der Waals surface area contributed by atoms with Crippen molar-refractivity contribution in [3.8, 4) is 0 Å². The molecule has 148 valence electrons. The lowest BCUT2D eigenvalue weighted by atomic mass is 9.75. The third kappa shape index (κ3) is 4.37. The van der Waals surface area contributed by atoms with Gasteiger partial charge in [-0.1, -0.05) is 57.5 Å². The standard InChI is InChI=1S/C19H26N2O6/c1-12(2)15-10-9-13(3)11-16(15)26-18(23)19(17(20)22,27-21(24)25)14-7-5-4-6-8-14/h4-8,12-13,15-16H,9-11H2,1-3H3,(H2,20,22)/t13-,15+,16-,19-/m1/s1. The Balaban J connectivity index is 2.41. The van der Waals surface area contributed by atoms with E-state index in [0.29, 0.717) is 12.3 Å². The zero-order valence-corrected chi connectivity index (χ0v) is 15.8. The molecule has 0 radical (unpaired) electrons. The van der Waals surface area contributed by atoms with E-state index in [-0.39, 0.29) is 17.4 Å². The van der Waals surface area contributed by atoms with Gasteiger partial charge in [-0.3, -0.25) is 9.63 Å². The second-order valence-electron chi connectivity index (χ2n) is 7.50. The Bertz CT molecular complexity index is 693. The summed E-state index contributed by atoms with van der Waals surface area (Å²) in [6.45, 7) is 6.13. The third-order valence-corrected chi connectivity index (χ3v) is 5.25. The van der Waals surface area contributed by atoms with E-state index in [1.54, 1.807) is 6.07 Å². The summed E-state index contributed by atoms with van der Waals surface area (Å²) in [6.07, 6.45) is 2.06. The number of esters is 1. The van der Waals surface area contributed by atoms with Crippen LogP contribution in [0.2, 0.25) is 0 Å². The molecule has 1 aromatic carbocycles. The number of primary amides is 1. The van der Waals surface area contributed by atoms with Crippen LogP contribution in [0.1, 0.15) is 45.6 Å². The van der Waals surface area contributed by atoms with Crippen LogP contribution in [0.15, 0.2) is 30.3 Å². The average molecular weight is 378 g/mol. The number of hydrogen-bond donors (Lipinski definition) is 1. The van der Waals surface area contributed by atoms with Crippen molar-refractivity contribution in [3.63, 3.8) is 0 Å². The molecule has 27 heavy (non-hydrogen) atoms. The fraction of sp³-hybridized carbons (Fsp3) is 0.579. The second kappa shape index (κ2) is 8.37. The zero-order chi connectivity index (χ0) is 20.2. The van der Waals surface area contributed by atoms with Crippen molar-refractivity contribution in [1.29, 1.82) is 0 Å². The van der Waals surface area contributed by atoms with Crippen molar-refractivity contribution in [2.75, 3.05) is 0 Å². The van der Waals surface area contributed by atoms with E-state index in [1.807, 2.05) is 13.8 Å². The highest BCUT2D eigenvalue weighted by Gasteiger charge is 2.53. The second-order valence-corrected chi connectivity index (χ2v) is 7.50. The van der Waals surface area contributed by atoms with E-state index in [9.17, 15) is 19.7 Å². The summed E-state index contributed by atoms with van der Waals surface area (Å²) in [6, 6.07) is 7.45. The maximum absolute atomic E-state index is 13.0. The van der Waals surface area contributed by atoms with E-state index in [1.165, 1.54) is 24.3 Å². The Hall–Kier alpha value is -2.64. The molecule has 0 saturated heterocycles. The average Bonchev–Trinajstić information content (AvgIpc) is 2.59. The number of nitrogens with two attached hydrogens (primary N) is 1. The van der Waals surface area contributed by atoms with Crippen LogP contribution in [0.25, 0.3) is 0 Å². The highest BCUT2D eigenvalue weighted by Crippen LogP contribution is 2.37. The summed E-state index contributed by atoms with van der Waals surface area (Å²) in [5.74, 6) is -1.74. The molecule has 1 saturated carbocycles. The lowest BCUT2D eigenvalue weighted by Gasteiger charge is -2.38. The van der Waals surface area contributed by atoms with Gasteiger partial charge in [0.15, 0.2) is 0 Å². The predicted molar refractivity (Wildman–Crippen MR) is 96.6 cm³/mol. The van der Waals surface area contributed by atoms with Gasteiger partial charge in [0.1, 0.15) is 6.10 Å². The fourth-order valence-corrected chi connectivity index (χ4v) is 3.75. The molecule has 0 heterocycles. The molecule has 2 N–H and O–H groups in total. The number of rotatable bonds is 7. The molecular weight excluding hydrogens is 352 g/mol. The van der Waals surface area contributed by atoms with E-state index >= 15 is 0 Å². The van der Waals surface area contributed by atoms with Crippen LogP contribution in [0.4, 0.5) is 0 Å². The molecule has 0 bridgehead atoms. The molecule has 1 aliphatic rings. The number of ether oxygens (including phenoxy) is 1. The van der Waals surface area contributed by atoms with Gasteiger partial charge in [-0.15, -0.1) is 10.1 Å². The summed E-state index contributed by atoms with van der Waals surface area (Å²) in [7, 11) is 0. The first-order valence-corrected chi connectivity index (χ1v) is 9.08. The molecule has 8 nitrogen and oxygen atoms in total. The van der Waals surface area contributed by atoms with E-state index in [2.05, 4.69) is 11.8 Å². The molecule has 2 rings (SSSR count). The Morgan fingerprint density at radius 1 is 1.26 bits per heavy atom. The molecule has 0 unspecified atom stereocenters. The predicted octanol–water partition coefficient (Wildman–Crippen LogP) is 2.58. The van der Waals surface area contributed by atoms with Crippen LogP contribution >= 0.6 is 0 Å². The Morgan fingerprint density at radius 3 is 2.41 bits per heavy atom. The van der Waals surface area contributed by atoms with Gasteiger partial charge in [0.2, 0.25) is 0 Å². The maximum atomic E-state index is 13.0. The van der Waals surface area contributed by atoms with Crippen molar-refractivity contribution < 1.29 is 24.3 Å². The van der Waals surface area contributed by atoms with Crippen molar-refractivity contribution in [3.05, 3.63) is 46.0 Å². The first-order valence-electron chi connectivity index (χ1n) is 9.08. The van der Waals surface area contributed by atoms with Gasteiger partial charge in [-0.2, -0.15) is 0 Å². The summed E-state index contributed by atoms with van der Waals surface area (Å²) in [5.41, 5.74) is 2.74. The maximum Gasteiger partial charge on any atom is 0.353 e. The Labute approximate surface area is 158 Å². The lowest BCUT2D eigenvalue weighted by molar-refractivity contribution is -0.774. The highest BCUT2D eigenvalue weighted by atomic mass is 17.0. The topological polar surface area (TPSA) is 122 Å². The summed E-state index contributed by atoms with van der Waals surface area (Å²) < 4.78 is 5.65. The highest BCUT2D eigenvalue weighted by molar-refractivity contribution is 6.06. The molecule has 0 aromatic heterocycles. The van der Waals surface area contributed by atoms with E-state index in [4.69, 9.17) is 10.5 Å². The summed E-state index contributed by atoms with van der Waals surface area (Å²) in [5, 5.41) is 9.89. The third-order valence-electron chi connectivity index (χ3n) is 5.25. The molecule has 8 heteroatoms. The first-order chi connectivity index (χ1) is 12.7. The molecule has 0 aliphatic heterocycles. The smallest absolute Gasteiger partial charge is 0.353 e. The number of benzene rings is 1. The van der Waals surface area contributed by atoms with Crippen molar-refractivity contribution in [2.24, 2.45) is 23.5 Å². The van der Waals surface area contributed by atoms with E-state index in [0.717, 1.165) is 12.8 Å². The van der Waals surface area contributed by atoms with Crippen LogP contribution in [0.5, 0.6) is 0 Å². The van der Waals surface area contributed by atoms with Gasteiger partial charge in [-0.05, 0) is 30.6 Å². The molecule has 0 spiro atoms. The molecular formula is C19H26N2O6. The SMILES string of the molecule is CC(C)[C@@H]1CC[C@@H](C)C[C@H]1OC(=O)[C@](O[N+](=O)[O-])(C(N)=O)c1ccccc1. The molecule has 1 amide bonds. The minimum Gasteiger partial charge on any atom is -0.460 e. The normalized spacial score (nSPS) is 24.7. The largest absolute Gasteiger partial charge is 0.460 e. The van der Waals surface area contributed by atoms with E-state index < -0.39 is 28.7 Å². The van der Waals surface area contributed by atoms with Crippen molar-refractivity contribution in [2.45, 2.75) is 51.7 Å². The van der Waals surface area contributed by atoms with Gasteiger partial charge < -0.3 is 10.5 Å². The van der Waals surface area contributed by atoms with Crippen LogP contribution < -0.4 is 5.73 Å². The fourth-order valence-electron chi connectivity index (χ4n) is 3.75. The molecule has 1 fully saturated rings. The summed E-state index contributed by atoms with van der Waals surface area (Å²) in [4.78, 5) is 40.9. The van der Waals surface area contributed by atoms with Gasteiger partial charge >= 0.3 is 11.6 Å². The summed E-state index contributed by atoms with van der Waals surface area (Å²) >= 11 is 0. The quantitative estimate of drug-likeness (QED) is 0.337. The zero-order valence-electron chi connectivity index (χ0n) is 15.8. The molecule has 1 aliphatic carbocycles. The van der Waals surface area contributed by atoms with Crippen LogP contribution in [-0.4, -0.2) is 23.1 Å². The number of carbonyl (C=O) groups excluding carboxylic acids is 2. The lowest BCUT2D eigenvalue weighted by Crippen LogP contribution is -2.53. The van der Waals surface area contributed by atoms with Crippen LogP contribution in [0, 0.1) is 27.9 Å². The monoisotopic (exact) mass is 378 g/mol. The number of hydrogen-bond acceptors (Lipinski definition) is 6. The molecule has 4 atom stereocenters. The van der Waals surface area contributed by atoms with Gasteiger partial charge in [0.05, 0.1) is 0 Å². The first kappa shape index (κ1) is 20.7. The van der Waals surface area contributed by atoms with Gasteiger partial charge in [0, 0.05) is 5.56 Å². The minimum atomic E-state index is -2.63. The number of carbonyl (C=O) groups is 2.